The lowest BCUT2D eigenvalue weighted by atomic mass is 9.79. The van der Waals surface area contributed by atoms with E-state index in [1.807, 2.05) is 0 Å². The molecule has 1 unspecified atom stereocenters. The molecular weight excluding hydrogens is 1510 g/mol. The maximum Gasteiger partial charge on any atom is 0.232 e. The van der Waals surface area contributed by atoms with Gasteiger partial charge in [-0.05, 0) is 280 Å². The number of unbranched alkanes of at least 4 members (excludes halogenated alkanes) is 14. The van der Waals surface area contributed by atoms with E-state index in [0.717, 1.165) is 350 Å². The Morgan fingerprint density at radius 3 is 0.598 bits per heavy atom. The number of anilines is 8. The Labute approximate surface area is 749 Å². The maximum absolute atomic E-state index is 6.10. The van der Waals surface area contributed by atoms with Crippen molar-refractivity contribution in [3.05, 3.63) is 5.82 Å². The van der Waals surface area contributed by atoms with Gasteiger partial charge in [0.05, 0.1) is 0 Å². The smallest absolute Gasteiger partial charge is 0.232 e. The SMILES string of the molecule is CCCCC(C)c1nc(N(CCCC)CCCC)nc(N(CCCCCCN(c2nc(N(CCCC)C3CC(C)(C)NC(C)(C)C3)nc(N(CCCCCCN(c3nc(N(CCCC)CCCC)nc(N(CCCC)CCCC)n3)C3CC(C)(C)NC(C)(C)C3)C3CC(C)(C)NC(C)(C)C3)n2)C2CC(C)(C)NC(C)(C)C2)C2CC(C)(C)NC(C)(C)C2)n1. The second-order valence-corrected chi connectivity index (χ2v) is 45.8. The van der Waals surface area contributed by atoms with Crippen molar-refractivity contribution in [2.45, 2.75) is 517 Å². The molecule has 0 amide bonds. The molecule has 0 aliphatic carbocycles. The Morgan fingerprint density at radius 2 is 0.385 bits per heavy atom. The van der Waals surface area contributed by atoms with Gasteiger partial charge in [0.15, 0.2) is 0 Å². The Kier molecular flexibility index (Phi) is 38.2. The molecule has 0 bridgehead atoms. The molecule has 122 heavy (non-hydrogen) atoms. The van der Waals surface area contributed by atoms with Crippen LogP contribution in [0, 0.1) is 0 Å². The van der Waals surface area contributed by atoms with Gasteiger partial charge in [-0.1, -0.05) is 146 Å². The molecular formula is C100H190N22. The number of aromatic nitrogens is 9. The van der Waals surface area contributed by atoms with Crippen molar-refractivity contribution >= 4 is 47.6 Å². The van der Waals surface area contributed by atoms with Crippen LogP contribution < -0.4 is 65.8 Å². The summed E-state index contributed by atoms with van der Waals surface area (Å²) in [7, 11) is 0. The van der Waals surface area contributed by atoms with Gasteiger partial charge in [-0.3, -0.25) is 0 Å². The number of nitrogens with one attached hydrogen (secondary N) is 5. The Balaban J connectivity index is 1.20. The minimum atomic E-state index is -0.116. The van der Waals surface area contributed by atoms with Crippen LogP contribution in [0.15, 0.2) is 0 Å². The van der Waals surface area contributed by atoms with Gasteiger partial charge in [0.1, 0.15) is 5.82 Å². The van der Waals surface area contributed by atoms with Gasteiger partial charge in [0.25, 0.3) is 0 Å². The van der Waals surface area contributed by atoms with E-state index in [2.05, 4.69) is 267 Å². The predicted molar refractivity (Wildman–Crippen MR) is 524 cm³/mol. The summed E-state index contributed by atoms with van der Waals surface area (Å²) in [4.78, 5) is 72.6. The molecule has 22 nitrogen and oxygen atoms in total. The minimum Gasteiger partial charge on any atom is -0.341 e. The highest BCUT2D eigenvalue weighted by molar-refractivity contribution is 5.51. The molecule has 0 saturated carbocycles. The molecule has 5 saturated heterocycles. The first kappa shape index (κ1) is 103. The standard InChI is InChI=1S/C100H190N22/c1-30-38-54-76(9)82-101-83(115(55-39-31-2)56-40-32-3)104-86(102-82)119(78-68-93(14,15)111-94(16,17)69-78)62-50-46-47-52-64-121(80-72-97(22,23)113-98(24,25)73-80)89-107-88(118(61-45-37-8)77-66-91(10,11)110-92(12,13)67-77)108-90(109-89)122(81-74-99(26,27)114-100(28,29)75-81)65-53-49-48-51-63-120(79-70-95(18,19)112-96(20,21)71-79)87-105-84(116(57-41-33-4)58-42-34-5)103-85(106-87)117(59-43-35-6)60-44-36-7/h76-81,110-114H,30-75H2,1-29H3. The third-order valence-electron chi connectivity index (χ3n) is 27.0. The molecule has 5 aliphatic heterocycles. The van der Waals surface area contributed by atoms with Crippen LogP contribution in [0.2, 0.25) is 0 Å². The van der Waals surface area contributed by atoms with Crippen LogP contribution in [0.25, 0.3) is 0 Å². The summed E-state index contributed by atoms with van der Waals surface area (Å²) in [5, 5.41) is 20.4. The largest absolute Gasteiger partial charge is 0.341 e. The molecule has 5 fully saturated rings. The quantitative estimate of drug-likeness (QED) is 0.0334. The first-order valence-corrected chi connectivity index (χ1v) is 50.6. The Morgan fingerprint density at radius 1 is 0.221 bits per heavy atom. The summed E-state index contributed by atoms with van der Waals surface area (Å²) >= 11 is 0. The normalized spacial score (nSPS) is 20.8. The number of nitrogens with zero attached hydrogens (tertiary/aromatic N) is 17. The zero-order valence-corrected chi connectivity index (χ0v) is 84.6. The van der Waals surface area contributed by atoms with E-state index in [4.69, 9.17) is 44.9 Å². The maximum atomic E-state index is 6.10. The van der Waals surface area contributed by atoms with E-state index in [9.17, 15) is 0 Å². The summed E-state index contributed by atoms with van der Waals surface area (Å²) in [6.07, 6.45) is 37.5. The van der Waals surface area contributed by atoms with Gasteiger partial charge in [0.2, 0.25) is 47.6 Å². The highest BCUT2D eigenvalue weighted by Crippen LogP contribution is 2.42. The van der Waals surface area contributed by atoms with E-state index >= 15 is 0 Å². The molecule has 3 aromatic rings. The lowest BCUT2D eigenvalue weighted by Gasteiger charge is -2.51. The lowest BCUT2D eigenvalue weighted by molar-refractivity contribution is 0.155. The molecule has 0 aromatic carbocycles. The first-order valence-electron chi connectivity index (χ1n) is 50.6. The van der Waals surface area contributed by atoms with Crippen molar-refractivity contribution in [1.82, 2.24) is 71.4 Å². The van der Waals surface area contributed by atoms with Crippen molar-refractivity contribution in [3.8, 4) is 0 Å². The van der Waals surface area contributed by atoms with Gasteiger partial charge in [-0.25, -0.2) is 0 Å². The number of hydrogen-bond acceptors (Lipinski definition) is 22. The van der Waals surface area contributed by atoms with E-state index in [1.165, 1.54) is 0 Å². The van der Waals surface area contributed by atoms with E-state index in [-0.39, 0.29) is 91.5 Å². The molecule has 0 spiro atoms. The van der Waals surface area contributed by atoms with E-state index in [1.54, 1.807) is 0 Å². The third kappa shape index (κ3) is 31.9. The van der Waals surface area contributed by atoms with E-state index in [0.29, 0.717) is 0 Å². The summed E-state index contributed by atoms with van der Waals surface area (Å²) < 4.78 is 0. The predicted octanol–water partition coefficient (Wildman–Crippen LogP) is 21.7. The van der Waals surface area contributed by atoms with Crippen molar-refractivity contribution in [1.29, 1.82) is 0 Å². The van der Waals surface area contributed by atoms with Crippen LogP contribution in [0.3, 0.4) is 0 Å². The van der Waals surface area contributed by atoms with Gasteiger partial charge in [-0.2, -0.15) is 44.9 Å². The number of rotatable bonds is 52. The second kappa shape index (κ2) is 45.5. The summed E-state index contributed by atoms with van der Waals surface area (Å²) in [6.45, 7) is 79.2. The van der Waals surface area contributed by atoms with Gasteiger partial charge in [-0.15, -0.1) is 0 Å². The fourth-order valence-electron chi connectivity index (χ4n) is 22.8. The monoisotopic (exact) mass is 1700 g/mol. The number of piperidine rings is 5. The second-order valence-electron chi connectivity index (χ2n) is 45.8. The van der Waals surface area contributed by atoms with Gasteiger partial charge < -0.3 is 65.8 Å². The van der Waals surface area contributed by atoms with Gasteiger partial charge in [0, 0.05) is 164 Å². The molecule has 1 atom stereocenters. The van der Waals surface area contributed by atoms with Crippen LogP contribution in [0.5, 0.6) is 0 Å². The highest BCUT2D eigenvalue weighted by Gasteiger charge is 2.48. The van der Waals surface area contributed by atoms with Crippen LogP contribution >= 0.6 is 0 Å². The zero-order chi connectivity index (χ0) is 89.7. The molecule has 0 radical (unpaired) electrons. The molecule has 8 heterocycles. The summed E-state index contributed by atoms with van der Waals surface area (Å²) in [5.41, 5.74) is -0.865. The fraction of sp³-hybridized carbons (Fsp3) is 0.910. The van der Waals surface area contributed by atoms with Crippen LogP contribution in [-0.4, -0.2) is 202 Å². The van der Waals surface area contributed by atoms with Crippen molar-refractivity contribution in [2.24, 2.45) is 0 Å². The summed E-state index contributed by atoms with van der Waals surface area (Å²) in [6, 6.07) is 1.14. The molecule has 5 aliphatic rings. The van der Waals surface area contributed by atoms with Crippen molar-refractivity contribution < 1.29 is 0 Å². The van der Waals surface area contributed by atoms with Crippen LogP contribution in [0.4, 0.5) is 47.6 Å². The number of hydrogen-bond donors (Lipinski definition) is 5. The molecule has 3 aromatic heterocycles. The Hall–Kier alpha value is -4.77. The van der Waals surface area contributed by atoms with Crippen molar-refractivity contribution in [2.75, 3.05) is 111 Å². The highest BCUT2D eigenvalue weighted by atomic mass is 15.4. The Bertz CT molecular complexity index is 3390. The molecule has 8 rings (SSSR count). The lowest BCUT2D eigenvalue weighted by Crippen LogP contribution is -2.63. The molecule has 22 heteroatoms. The van der Waals surface area contributed by atoms with Crippen LogP contribution in [0.1, 0.15) is 437 Å². The van der Waals surface area contributed by atoms with E-state index < -0.39 is 0 Å². The average molecular weight is 1700 g/mol. The fourth-order valence-corrected chi connectivity index (χ4v) is 22.8. The molecule has 700 valence electrons. The van der Waals surface area contributed by atoms with Gasteiger partial charge >= 0.3 is 0 Å². The zero-order valence-electron chi connectivity index (χ0n) is 84.6. The van der Waals surface area contributed by atoms with Crippen LogP contribution in [-0.2, 0) is 0 Å². The first-order chi connectivity index (χ1) is 57.3. The topological polar surface area (TPSA) is 202 Å². The molecule has 5 N–H and O–H groups in total. The van der Waals surface area contributed by atoms with Crippen molar-refractivity contribution in [3.63, 3.8) is 0 Å². The third-order valence-corrected chi connectivity index (χ3v) is 27.0. The average Bonchev–Trinajstić information content (AvgIpc) is 0.766. The summed E-state index contributed by atoms with van der Waals surface area (Å²) in [5.74, 6) is 8.09. The minimum absolute atomic E-state index is 0.0530.